The fraction of sp³-hybridized carbons (Fsp3) is 0.364. The SMILES string of the molecule is CC(C)CCNC(=O)c1ccc(C(=O)N2CCCc3ccccc32)cc1. The second-order valence-corrected chi connectivity index (χ2v) is 7.20. The zero-order valence-corrected chi connectivity index (χ0v) is 15.5. The van der Waals surface area contributed by atoms with Crippen molar-refractivity contribution in [2.75, 3.05) is 18.0 Å². The average Bonchev–Trinajstić information content (AvgIpc) is 2.66. The molecule has 0 aliphatic carbocycles. The number of carbonyl (C=O) groups is 2. The summed E-state index contributed by atoms with van der Waals surface area (Å²) in [6.45, 7) is 5.66. The Morgan fingerprint density at radius 2 is 1.73 bits per heavy atom. The maximum Gasteiger partial charge on any atom is 0.258 e. The third-order valence-corrected chi connectivity index (χ3v) is 4.76. The van der Waals surface area contributed by atoms with Crippen LogP contribution in [0.25, 0.3) is 0 Å². The molecule has 136 valence electrons. The minimum absolute atomic E-state index is 0.0103. The summed E-state index contributed by atoms with van der Waals surface area (Å²) in [5.74, 6) is 0.458. The molecule has 1 heterocycles. The van der Waals surface area contributed by atoms with E-state index in [1.165, 1.54) is 5.56 Å². The number of hydrogen-bond acceptors (Lipinski definition) is 2. The molecule has 1 aliphatic heterocycles. The van der Waals surface area contributed by atoms with Gasteiger partial charge < -0.3 is 10.2 Å². The summed E-state index contributed by atoms with van der Waals surface area (Å²) in [5.41, 5.74) is 3.41. The van der Waals surface area contributed by atoms with Crippen LogP contribution >= 0.6 is 0 Å². The molecule has 4 heteroatoms. The lowest BCUT2D eigenvalue weighted by atomic mass is 10.0. The summed E-state index contributed by atoms with van der Waals surface area (Å²) >= 11 is 0. The quantitative estimate of drug-likeness (QED) is 0.884. The van der Waals surface area contributed by atoms with Gasteiger partial charge in [0.1, 0.15) is 0 Å². The zero-order valence-electron chi connectivity index (χ0n) is 15.5. The number of carbonyl (C=O) groups excluding carboxylic acids is 2. The number of aryl methyl sites for hydroxylation is 1. The Morgan fingerprint density at radius 3 is 2.46 bits per heavy atom. The molecule has 1 aliphatic rings. The molecule has 0 radical (unpaired) electrons. The number of para-hydroxylation sites is 1. The number of rotatable bonds is 5. The van der Waals surface area contributed by atoms with Crippen LogP contribution in [0.15, 0.2) is 48.5 Å². The number of nitrogens with one attached hydrogen (secondary N) is 1. The van der Waals surface area contributed by atoms with Crippen LogP contribution in [0.2, 0.25) is 0 Å². The van der Waals surface area contributed by atoms with Crippen LogP contribution in [0, 0.1) is 5.92 Å². The van der Waals surface area contributed by atoms with Gasteiger partial charge in [-0.25, -0.2) is 0 Å². The van der Waals surface area contributed by atoms with E-state index < -0.39 is 0 Å². The Labute approximate surface area is 155 Å². The van der Waals surface area contributed by atoms with Crippen molar-refractivity contribution in [1.82, 2.24) is 5.32 Å². The van der Waals surface area contributed by atoms with Gasteiger partial charge in [-0.1, -0.05) is 32.0 Å². The Balaban J connectivity index is 1.69. The molecule has 1 N–H and O–H groups in total. The Morgan fingerprint density at radius 1 is 1.04 bits per heavy atom. The summed E-state index contributed by atoms with van der Waals surface area (Å²) in [4.78, 5) is 26.9. The number of benzene rings is 2. The van der Waals surface area contributed by atoms with Crippen molar-refractivity contribution in [3.05, 3.63) is 65.2 Å². The number of amides is 2. The molecular formula is C22H26N2O2. The molecule has 0 spiro atoms. The van der Waals surface area contributed by atoms with Crippen molar-refractivity contribution >= 4 is 17.5 Å². The van der Waals surface area contributed by atoms with Gasteiger partial charge >= 0.3 is 0 Å². The molecule has 0 atom stereocenters. The molecule has 26 heavy (non-hydrogen) atoms. The van der Waals surface area contributed by atoms with Crippen LogP contribution in [0.5, 0.6) is 0 Å². The predicted molar refractivity (Wildman–Crippen MR) is 105 cm³/mol. The molecule has 0 saturated heterocycles. The van der Waals surface area contributed by atoms with E-state index in [0.717, 1.165) is 31.5 Å². The molecular weight excluding hydrogens is 324 g/mol. The highest BCUT2D eigenvalue weighted by atomic mass is 16.2. The maximum atomic E-state index is 12.9. The Bertz CT molecular complexity index is 781. The summed E-state index contributed by atoms with van der Waals surface area (Å²) in [6, 6.07) is 15.0. The van der Waals surface area contributed by atoms with E-state index in [4.69, 9.17) is 0 Å². The average molecular weight is 350 g/mol. The molecule has 0 saturated carbocycles. The topological polar surface area (TPSA) is 49.4 Å². The first kappa shape index (κ1) is 18.2. The van der Waals surface area contributed by atoms with Crippen LogP contribution in [0.1, 0.15) is 53.0 Å². The molecule has 0 fully saturated rings. The molecule has 0 unspecified atom stereocenters. The van der Waals surface area contributed by atoms with Crippen molar-refractivity contribution in [2.45, 2.75) is 33.1 Å². The molecule has 2 aromatic rings. The first-order chi connectivity index (χ1) is 12.6. The predicted octanol–water partition coefficient (Wildman–Crippen LogP) is 4.06. The van der Waals surface area contributed by atoms with Gasteiger partial charge in [0, 0.05) is 29.9 Å². The van der Waals surface area contributed by atoms with Crippen molar-refractivity contribution in [2.24, 2.45) is 5.92 Å². The fourth-order valence-corrected chi connectivity index (χ4v) is 3.24. The Hall–Kier alpha value is -2.62. The minimum Gasteiger partial charge on any atom is -0.352 e. The monoisotopic (exact) mass is 350 g/mol. The minimum atomic E-state index is -0.0898. The molecule has 0 aromatic heterocycles. The molecule has 3 rings (SSSR count). The van der Waals surface area contributed by atoms with E-state index in [2.05, 4.69) is 25.2 Å². The van der Waals surface area contributed by atoms with Crippen molar-refractivity contribution in [3.63, 3.8) is 0 Å². The zero-order chi connectivity index (χ0) is 18.5. The van der Waals surface area contributed by atoms with Gasteiger partial charge in [-0.15, -0.1) is 0 Å². The standard InChI is InChI=1S/C22H26N2O2/c1-16(2)13-14-23-21(25)18-9-11-19(12-10-18)22(26)24-15-5-7-17-6-3-4-8-20(17)24/h3-4,6,8-12,16H,5,7,13-15H2,1-2H3,(H,23,25). The van der Waals surface area contributed by atoms with Crippen molar-refractivity contribution < 1.29 is 9.59 Å². The van der Waals surface area contributed by atoms with E-state index in [0.29, 0.717) is 23.6 Å². The molecule has 0 bridgehead atoms. The first-order valence-corrected chi connectivity index (χ1v) is 9.34. The fourth-order valence-electron chi connectivity index (χ4n) is 3.24. The number of anilines is 1. The van der Waals surface area contributed by atoms with Gasteiger partial charge in [0.15, 0.2) is 0 Å². The van der Waals surface area contributed by atoms with Crippen molar-refractivity contribution in [1.29, 1.82) is 0 Å². The van der Waals surface area contributed by atoms with Crippen LogP contribution < -0.4 is 10.2 Å². The lowest BCUT2D eigenvalue weighted by Gasteiger charge is -2.29. The van der Waals surface area contributed by atoms with Gasteiger partial charge in [0.05, 0.1) is 0 Å². The third kappa shape index (κ3) is 4.13. The van der Waals surface area contributed by atoms with Crippen LogP contribution in [-0.2, 0) is 6.42 Å². The maximum absolute atomic E-state index is 12.9. The van der Waals surface area contributed by atoms with E-state index in [-0.39, 0.29) is 11.8 Å². The summed E-state index contributed by atoms with van der Waals surface area (Å²) in [7, 11) is 0. The van der Waals surface area contributed by atoms with Gasteiger partial charge in [-0.3, -0.25) is 9.59 Å². The third-order valence-electron chi connectivity index (χ3n) is 4.76. The summed E-state index contributed by atoms with van der Waals surface area (Å²) < 4.78 is 0. The lowest BCUT2D eigenvalue weighted by molar-refractivity contribution is 0.0948. The molecule has 2 amide bonds. The van der Waals surface area contributed by atoms with Crippen LogP contribution in [0.3, 0.4) is 0 Å². The highest BCUT2D eigenvalue weighted by Gasteiger charge is 2.23. The van der Waals surface area contributed by atoms with Gasteiger partial charge in [-0.05, 0) is 61.1 Å². The van der Waals surface area contributed by atoms with E-state index >= 15 is 0 Å². The van der Waals surface area contributed by atoms with Crippen LogP contribution in [-0.4, -0.2) is 24.9 Å². The number of fused-ring (bicyclic) bond motifs is 1. The number of nitrogens with zero attached hydrogens (tertiary/aromatic N) is 1. The van der Waals surface area contributed by atoms with E-state index in [9.17, 15) is 9.59 Å². The van der Waals surface area contributed by atoms with Crippen LogP contribution in [0.4, 0.5) is 5.69 Å². The van der Waals surface area contributed by atoms with E-state index in [1.54, 1.807) is 24.3 Å². The smallest absolute Gasteiger partial charge is 0.258 e. The normalized spacial score (nSPS) is 13.4. The van der Waals surface area contributed by atoms with E-state index in [1.807, 2.05) is 23.1 Å². The highest BCUT2D eigenvalue weighted by molar-refractivity contribution is 6.07. The van der Waals surface area contributed by atoms with Gasteiger partial charge in [0.25, 0.3) is 11.8 Å². The second-order valence-electron chi connectivity index (χ2n) is 7.20. The largest absolute Gasteiger partial charge is 0.352 e. The Kier molecular flexibility index (Phi) is 5.71. The van der Waals surface area contributed by atoms with Crippen molar-refractivity contribution in [3.8, 4) is 0 Å². The summed E-state index contributed by atoms with van der Waals surface area (Å²) in [6.07, 6.45) is 2.94. The second kappa shape index (κ2) is 8.17. The first-order valence-electron chi connectivity index (χ1n) is 9.34. The van der Waals surface area contributed by atoms with Gasteiger partial charge in [-0.2, -0.15) is 0 Å². The number of hydrogen-bond donors (Lipinski definition) is 1. The molecule has 2 aromatic carbocycles. The van der Waals surface area contributed by atoms with Gasteiger partial charge in [0.2, 0.25) is 0 Å². The highest BCUT2D eigenvalue weighted by Crippen LogP contribution is 2.28. The lowest BCUT2D eigenvalue weighted by Crippen LogP contribution is -2.35. The molecule has 4 nitrogen and oxygen atoms in total. The summed E-state index contributed by atoms with van der Waals surface area (Å²) in [5, 5.41) is 2.92.